The van der Waals surface area contributed by atoms with Gasteiger partial charge in [-0.3, -0.25) is 4.21 Å². The summed E-state index contributed by atoms with van der Waals surface area (Å²) in [6.07, 6.45) is 0.433. The molecular weight excluding hydrogens is 345 g/mol. The van der Waals surface area contributed by atoms with Crippen molar-refractivity contribution in [3.8, 4) is 0 Å². The topological polar surface area (TPSA) is 82.5 Å². The van der Waals surface area contributed by atoms with Crippen LogP contribution < -0.4 is 18.9 Å². The number of hydrogen-bond donors (Lipinski definition) is 1. The Morgan fingerprint density at radius 3 is 2.22 bits per heavy atom. The van der Waals surface area contributed by atoms with Crippen LogP contribution in [0.3, 0.4) is 0 Å². The number of nitrogens with zero attached hydrogens (tertiary/aromatic N) is 1. The molecule has 9 heteroatoms. The molecule has 0 amide bonds. The van der Waals surface area contributed by atoms with E-state index < -0.39 is 25.0 Å². The molecule has 1 atom stereocenters. The second-order valence-corrected chi connectivity index (χ2v) is 14.4. The van der Waals surface area contributed by atoms with E-state index >= 15 is 0 Å². The number of aliphatic hydroxyl groups is 1. The number of thiazole rings is 1. The summed E-state index contributed by atoms with van der Waals surface area (Å²) in [6.45, 7) is 14.4. The van der Waals surface area contributed by atoms with Gasteiger partial charge in [0.2, 0.25) is 0 Å². The monoisotopic (exact) mass is 371 g/mol. The van der Waals surface area contributed by atoms with Crippen molar-refractivity contribution in [3.63, 3.8) is 0 Å². The van der Waals surface area contributed by atoms with Crippen molar-refractivity contribution in [1.82, 2.24) is 4.98 Å². The van der Waals surface area contributed by atoms with Crippen LogP contribution in [0.1, 0.15) is 45.3 Å². The standard InChI is InChI=1S/C14H27NO4S2Si.Li/c1-13(2,3)22(6,7)19-9-8-10-11(21(17)18)20-12(15-10)14(4,5)16;/h16H,8-9H2,1-7H3,(H,17,18);/q;+1/p-1. The predicted octanol–water partition coefficient (Wildman–Crippen LogP) is 0.177. The van der Waals surface area contributed by atoms with Crippen molar-refractivity contribution in [2.24, 2.45) is 0 Å². The molecule has 0 aliphatic carbocycles. The van der Waals surface area contributed by atoms with E-state index in [4.69, 9.17) is 4.43 Å². The molecule has 1 aromatic heterocycles. The Kier molecular flexibility index (Phi) is 8.41. The fourth-order valence-corrected chi connectivity index (χ4v) is 4.25. The fraction of sp³-hybridized carbons (Fsp3) is 0.786. The zero-order valence-corrected chi connectivity index (χ0v) is 18.0. The van der Waals surface area contributed by atoms with Gasteiger partial charge in [-0.05, 0) is 43.1 Å². The Morgan fingerprint density at radius 2 is 1.83 bits per heavy atom. The van der Waals surface area contributed by atoms with Gasteiger partial charge >= 0.3 is 18.9 Å². The largest absolute Gasteiger partial charge is 1.00 e. The molecule has 0 spiro atoms. The zero-order chi connectivity index (χ0) is 17.3. The molecular formula is C14H26LiNO4S2Si. The van der Waals surface area contributed by atoms with Crippen molar-refractivity contribution in [2.75, 3.05) is 6.61 Å². The van der Waals surface area contributed by atoms with Gasteiger partial charge in [0.1, 0.15) is 14.8 Å². The SMILES string of the molecule is CC(C)(O)c1nc(CCO[Si](C)(C)C(C)(C)C)c(S(=O)[O-])s1.[Li+]. The summed E-state index contributed by atoms with van der Waals surface area (Å²) in [5, 5.41) is 10.5. The summed E-state index contributed by atoms with van der Waals surface area (Å²) >= 11 is -1.33. The molecule has 1 rings (SSSR count). The Hall–Kier alpha value is 0.474. The van der Waals surface area contributed by atoms with Gasteiger partial charge in [0.25, 0.3) is 0 Å². The minimum absolute atomic E-state index is 0. The molecule has 5 nitrogen and oxygen atoms in total. The van der Waals surface area contributed by atoms with Gasteiger partial charge in [-0.1, -0.05) is 20.8 Å². The van der Waals surface area contributed by atoms with Crippen LogP contribution in [-0.4, -0.2) is 33.8 Å². The minimum Gasteiger partial charge on any atom is -0.768 e. The molecule has 0 fully saturated rings. The number of rotatable bonds is 6. The molecule has 0 saturated heterocycles. The molecule has 0 aliphatic heterocycles. The predicted molar refractivity (Wildman–Crippen MR) is 91.4 cm³/mol. The molecule has 0 saturated carbocycles. The maximum atomic E-state index is 11.3. The fourth-order valence-electron chi connectivity index (χ4n) is 1.51. The third-order valence-electron chi connectivity index (χ3n) is 3.94. The van der Waals surface area contributed by atoms with Crippen LogP contribution in [0.5, 0.6) is 0 Å². The first kappa shape index (κ1) is 23.5. The van der Waals surface area contributed by atoms with Gasteiger partial charge in [0.15, 0.2) is 8.32 Å². The van der Waals surface area contributed by atoms with Gasteiger partial charge in [-0.15, -0.1) is 11.3 Å². The van der Waals surface area contributed by atoms with E-state index in [-0.39, 0.29) is 28.1 Å². The summed E-state index contributed by atoms with van der Waals surface area (Å²) in [5.41, 5.74) is -0.661. The quantitative estimate of drug-likeness (QED) is 0.570. The molecule has 0 bridgehead atoms. The van der Waals surface area contributed by atoms with Crippen molar-refractivity contribution in [1.29, 1.82) is 0 Å². The molecule has 0 radical (unpaired) electrons. The second-order valence-electron chi connectivity index (χ2n) is 7.41. The van der Waals surface area contributed by atoms with E-state index in [1.54, 1.807) is 13.8 Å². The Morgan fingerprint density at radius 1 is 1.30 bits per heavy atom. The summed E-state index contributed by atoms with van der Waals surface area (Å²) < 4.78 is 28.9. The van der Waals surface area contributed by atoms with Crippen LogP contribution in [0.25, 0.3) is 0 Å². The van der Waals surface area contributed by atoms with Crippen molar-refractivity contribution in [3.05, 3.63) is 10.7 Å². The van der Waals surface area contributed by atoms with E-state index in [2.05, 4.69) is 38.8 Å². The maximum absolute atomic E-state index is 11.3. The average molecular weight is 372 g/mol. The van der Waals surface area contributed by atoms with Gasteiger partial charge in [-0.25, -0.2) is 4.98 Å². The van der Waals surface area contributed by atoms with E-state index in [0.717, 1.165) is 11.3 Å². The van der Waals surface area contributed by atoms with Gasteiger partial charge < -0.3 is 14.1 Å². The second kappa shape index (κ2) is 8.24. The minimum atomic E-state index is -2.35. The average Bonchev–Trinajstić information content (AvgIpc) is 2.71. The summed E-state index contributed by atoms with van der Waals surface area (Å²) in [4.78, 5) is 4.30. The molecule has 0 aromatic carbocycles. The number of hydrogen-bond acceptors (Lipinski definition) is 6. The smallest absolute Gasteiger partial charge is 0.768 e. The molecule has 1 N–H and O–H groups in total. The molecule has 23 heavy (non-hydrogen) atoms. The first-order valence-electron chi connectivity index (χ1n) is 7.21. The van der Waals surface area contributed by atoms with Crippen LogP contribution in [0.15, 0.2) is 4.21 Å². The zero-order valence-electron chi connectivity index (χ0n) is 15.3. The summed E-state index contributed by atoms with van der Waals surface area (Å²) in [7, 11) is -1.86. The molecule has 1 unspecified atom stereocenters. The van der Waals surface area contributed by atoms with E-state index in [1.165, 1.54) is 0 Å². The van der Waals surface area contributed by atoms with Gasteiger partial charge in [0, 0.05) is 13.0 Å². The molecule has 128 valence electrons. The van der Waals surface area contributed by atoms with Crippen LogP contribution in [-0.2, 0) is 27.5 Å². The van der Waals surface area contributed by atoms with Crippen LogP contribution in [0.2, 0.25) is 18.1 Å². The first-order chi connectivity index (χ1) is 9.75. The summed E-state index contributed by atoms with van der Waals surface area (Å²) in [6, 6.07) is 0. The Balaban J connectivity index is 0.00000484. The summed E-state index contributed by atoms with van der Waals surface area (Å²) in [5.74, 6) is 0. The molecule has 1 aromatic rings. The normalized spacial score (nSPS) is 14.5. The van der Waals surface area contributed by atoms with Gasteiger partial charge in [-0.2, -0.15) is 0 Å². The van der Waals surface area contributed by atoms with Crippen molar-refractivity contribution in [2.45, 2.75) is 69.0 Å². The Labute approximate surface area is 158 Å². The van der Waals surface area contributed by atoms with Crippen LogP contribution in [0.4, 0.5) is 0 Å². The van der Waals surface area contributed by atoms with Crippen molar-refractivity contribution < 1.29 is 37.2 Å². The third kappa shape index (κ3) is 6.36. The van der Waals surface area contributed by atoms with Crippen LogP contribution in [0, 0.1) is 0 Å². The maximum Gasteiger partial charge on any atom is 1.00 e. The van der Waals surface area contributed by atoms with E-state index in [1.807, 2.05) is 0 Å². The van der Waals surface area contributed by atoms with Crippen molar-refractivity contribution >= 4 is 30.7 Å². The third-order valence-corrected chi connectivity index (χ3v) is 10.9. The number of aromatic nitrogens is 1. The first-order valence-corrected chi connectivity index (χ1v) is 12.0. The molecule has 0 aliphatic rings. The van der Waals surface area contributed by atoms with Gasteiger partial charge in [0.05, 0.1) is 5.69 Å². The van der Waals surface area contributed by atoms with E-state index in [9.17, 15) is 13.9 Å². The van der Waals surface area contributed by atoms with Crippen LogP contribution >= 0.6 is 11.3 Å². The van der Waals surface area contributed by atoms with E-state index in [0.29, 0.717) is 23.7 Å². The molecule has 1 heterocycles. The Bertz CT molecular complexity index is 550.